The van der Waals surface area contributed by atoms with E-state index in [1.54, 1.807) is 0 Å². The Morgan fingerprint density at radius 1 is 0.839 bits per heavy atom. The van der Waals surface area contributed by atoms with Gasteiger partial charge in [-0.3, -0.25) is 4.57 Å². The molecule has 0 saturated heterocycles. The second-order valence-corrected chi connectivity index (χ2v) is 11.1. The lowest BCUT2D eigenvalue weighted by Gasteiger charge is -2.20. The van der Waals surface area contributed by atoms with E-state index in [1.807, 2.05) is 17.5 Å². The van der Waals surface area contributed by atoms with E-state index in [0.29, 0.717) is 0 Å². The summed E-state index contributed by atoms with van der Waals surface area (Å²) in [4.78, 5) is 4.84. The first-order valence-electron chi connectivity index (χ1n) is 10.4. The van der Waals surface area contributed by atoms with Crippen molar-refractivity contribution in [2.75, 3.05) is 0 Å². The average molecular weight is 485 g/mol. The lowest BCUT2D eigenvalue weighted by atomic mass is 9.88. The summed E-state index contributed by atoms with van der Waals surface area (Å²) in [5, 5.41) is 5.15. The molecule has 6 rings (SSSR count). The van der Waals surface area contributed by atoms with Crippen LogP contribution in [0.1, 0.15) is 26.3 Å². The Morgan fingerprint density at radius 3 is 2.45 bits per heavy atom. The molecule has 0 unspecified atom stereocenters. The van der Waals surface area contributed by atoms with Crippen LogP contribution >= 0.6 is 27.3 Å². The van der Waals surface area contributed by atoms with E-state index in [9.17, 15) is 0 Å². The van der Waals surface area contributed by atoms with Gasteiger partial charge in [0.05, 0.1) is 15.7 Å². The Bertz CT molecular complexity index is 1630. The monoisotopic (exact) mass is 484 g/mol. The van der Waals surface area contributed by atoms with Gasteiger partial charge in [-0.1, -0.05) is 73.1 Å². The third-order valence-electron chi connectivity index (χ3n) is 6.08. The summed E-state index contributed by atoms with van der Waals surface area (Å²) in [6, 6.07) is 24.2. The highest BCUT2D eigenvalue weighted by Gasteiger charge is 2.20. The topological polar surface area (TPSA) is 17.8 Å². The standard InChI is InChI=1S/C27H21BrN2S/c1-27(2,3)16-12-13-29-24(14-16)30-22-15-17(28)8-9-18(22)20-10-11-21-19-6-4-5-7-23(19)31-26(21)25(20)30/h4-15H,1-3H3. The molecule has 2 nitrogen and oxygen atoms in total. The molecule has 0 bridgehead atoms. The molecular weight excluding hydrogens is 464 g/mol. The van der Waals surface area contributed by atoms with Gasteiger partial charge in [-0.05, 0) is 41.3 Å². The number of hydrogen-bond acceptors (Lipinski definition) is 2. The molecule has 0 radical (unpaired) electrons. The predicted octanol–water partition coefficient (Wildman–Crippen LogP) is 8.61. The number of rotatable bonds is 1. The molecule has 0 atom stereocenters. The molecule has 6 aromatic rings. The Balaban J connectivity index is 1.83. The van der Waals surface area contributed by atoms with Gasteiger partial charge >= 0.3 is 0 Å². The largest absolute Gasteiger partial charge is 0.292 e. The molecule has 4 heteroatoms. The van der Waals surface area contributed by atoms with Gasteiger partial charge in [0.2, 0.25) is 0 Å². The lowest BCUT2D eigenvalue weighted by Crippen LogP contribution is -2.12. The first-order valence-corrected chi connectivity index (χ1v) is 12.0. The summed E-state index contributed by atoms with van der Waals surface area (Å²) in [5.74, 6) is 0.968. The molecular formula is C27H21BrN2S. The van der Waals surface area contributed by atoms with E-state index < -0.39 is 0 Å². The van der Waals surface area contributed by atoms with Gasteiger partial charge in [-0.15, -0.1) is 11.3 Å². The number of nitrogens with zero attached hydrogens (tertiary/aromatic N) is 2. The summed E-state index contributed by atoms with van der Waals surface area (Å²) < 4.78 is 6.06. The average Bonchev–Trinajstić information content (AvgIpc) is 3.28. The second-order valence-electron chi connectivity index (χ2n) is 9.09. The Labute approximate surface area is 193 Å². The molecule has 0 aliphatic heterocycles. The maximum Gasteiger partial charge on any atom is 0.137 e. The zero-order chi connectivity index (χ0) is 21.3. The molecule has 0 saturated carbocycles. The number of fused-ring (bicyclic) bond motifs is 7. The van der Waals surface area contributed by atoms with E-state index in [1.165, 1.54) is 47.5 Å². The Morgan fingerprint density at radius 2 is 1.61 bits per heavy atom. The summed E-state index contributed by atoms with van der Waals surface area (Å²) in [6.45, 7) is 6.75. The van der Waals surface area contributed by atoms with E-state index in [0.717, 1.165) is 10.3 Å². The van der Waals surface area contributed by atoms with Crippen LogP contribution in [0.15, 0.2) is 77.4 Å². The molecule has 31 heavy (non-hydrogen) atoms. The Kier molecular flexibility index (Phi) is 4.08. The van der Waals surface area contributed by atoms with Crippen molar-refractivity contribution in [2.24, 2.45) is 0 Å². The number of hydrogen-bond donors (Lipinski definition) is 0. The zero-order valence-corrected chi connectivity index (χ0v) is 20.0. The van der Waals surface area contributed by atoms with Gasteiger partial charge in [0.25, 0.3) is 0 Å². The summed E-state index contributed by atoms with van der Waals surface area (Å²) >= 11 is 5.56. The van der Waals surface area contributed by atoms with Gasteiger partial charge in [0, 0.05) is 36.9 Å². The Hall–Kier alpha value is -2.69. The fourth-order valence-electron chi connectivity index (χ4n) is 4.50. The molecule has 3 heterocycles. The normalized spacial score (nSPS) is 12.5. The number of aromatic nitrogens is 2. The molecule has 152 valence electrons. The van der Waals surface area contributed by atoms with Gasteiger partial charge < -0.3 is 0 Å². The predicted molar refractivity (Wildman–Crippen MR) is 138 cm³/mol. The van der Waals surface area contributed by atoms with Crippen LogP contribution in [-0.2, 0) is 5.41 Å². The van der Waals surface area contributed by atoms with Gasteiger partial charge in [0.15, 0.2) is 0 Å². The van der Waals surface area contributed by atoms with Crippen molar-refractivity contribution >= 4 is 69.2 Å². The maximum atomic E-state index is 4.84. The lowest BCUT2D eigenvalue weighted by molar-refractivity contribution is 0.589. The van der Waals surface area contributed by atoms with Crippen LogP contribution < -0.4 is 0 Å². The molecule has 0 N–H and O–H groups in total. The number of halogens is 1. The molecule has 3 aromatic heterocycles. The molecule has 0 aliphatic rings. The molecule has 0 spiro atoms. The minimum atomic E-state index is 0.0595. The molecule has 0 amide bonds. The van der Waals surface area contributed by atoms with E-state index in [-0.39, 0.29) is 5.41 Å². The fraction of sp³-hybridized carbons (Fsp3) is 0.148. The van der Waals surface area contributed by atoms with E-state index >= 15 is 0 Å². The summed E-state index contributed by atoms with van der Waals surface area (Å²) in [6.07, 6.45) is 1.94. The highest BCUT2D eigenvalue weighted by Crippen LogP contribution is 2.43. The van der Waals surface area contributed by atoms with Crippen molar-refractivity contribution in [3.05, 3.63) is 83.0 Å². The molecule has 0 fully saturated rings. The number of thiophene rings is 1. The third-order valence-corrected chi connectivity index (χ3v) is 7.76. The van der Waals surface area contributed by atoms with Crippen LogP contribution in [0.2, 0.25) is 0 Å². The highest BCUT2D eigenvalue weighted by atomic mass is 79.9. The number of benzene rings is 3. The van der Waals surface area contributed by atoms with Crippen LogP contribution in [0.4, 0.5) is 0 Å². The van der Waals surface area contributed by atoms with Crippen molar-refractivity contribution in [1.29, 1.82) is 0 Å². The highest BCUT2D eigenvalue weighted by molar-refractivity contribution is 9.10. The van der Waals surface area contributed by atoms with Crippen molar-refractivity contribution in [3.8, 4) is 5.82 Å². The van der Waals surface area contributed by atoms with Crippen molar-refractivity contribution in [2.45, 2.75) is 26.2 Å². The first kappa shape index (κ1) is 19.0. The van der Waals surface area contributed by atoms with Crippen LogP contribution in [-0.4, -0.2) is 9.55 Å². The minimum absolute atomic E-state index is 0.0595. The van der Waals surface area contributed by atoms with E-state index in [4.69, 9.17) is 4.98 Å². The van der Waals surface area contributed by atoms with Gasteiger partial charge in [-0.25, -0.2) is 4.98 Å². The van der Waals surface area contributed by atoms with Crippen LogP contribution in [0.25, 0.3) is 47.8 Å². The SMILES string of the molecule is CC(C)(C)c1ccnc(-n2c3cc(Br)ccc3c3ccc4c5ccccc5sc4c32)c1. The van der Waals surface area contributed by atoms with Crippen LogP contribution in [0.5, 0.6) is 0 Å². The first-order chi connectivity index (χ1) is 14.9. The van der Waals surface area contributed by atoms with Crippen LogP contribution in [0.3, 0.4) is 0 Å². The van der Waals surface area contributed by atoms with Crippen molar-refractivity contribution in [3.63, 3.8) is 0 Å². The second kappa shape index (κ2) is 6.65. The molecule has 3 aromatic carbocycles. The summed E-state index contributed by atoms with van der Waals surface area (Å²) in [5.41, 5.74) is 3.76. The van der Waals surface area contributed by atoms with Gasteiger partial charge in [0.1, 0.15) is 5.82 Å². The number of pyridine rings is 1. The summed E-state index contributed by atoms with van der Waals surface area (Å²) in [7, 11) is 0. The maximum absolute atomic E-state index is 4.84. The van der Waals surface area contributed by atoms with Crippen molar-refractivity contribution < 1.29 is 0 Å². The van der Waals surface area contributed by atoms with Crippen molar-refractivity contribution in [1.82, 2.24) is 9.55 Å². The van der Waals surface area contributed by atoms with Gasteiger partial charge in [-0.2, -0.15) is 0 Å². The van der Waals surface area contributed by atoms with E-state index in [2.05, 4.69) is 108 Å². The minimum Gasteiger partial charge on any atom is -0.292 e. The smallest absolute Gasteiger partial charge is 0.137 e. The fourth-order valence-corrected chi connectivity index (χ4v) is 6.09. The quantitative estimate of drug-likeness (QED) is 0.228. The van der Waals surface area contributed by atoms with Crippen LogP contribution in [0, 0.1) is 0 Å². The third kappa shape index (κ3) is 2.85. The molecule has 0 aliphatic carbocycles. The zero-order valence-electron chi connectivity index (χ0n) is 17.6.